The molecule has 0 amide bonds. The molecule has 6 nitrogen and oxygen atoms in total. The summed E-state index contributed by atoms with van der Waals surface area (Å²) in [6.07, 6.45) is 0.767. The number of aliphatic imine (C=N–C) groups is 2. The van der Waals surface area contributed by atoms with Crippen LogP contribution in [-0.2, 0) is 0 Å². The summed E-state index contributed by atoms with van der Waals surface area (Å²) in [5.74, 6) is 2.98. The van der Waals surface area contributed by atoms with Crippen molar-refractivity contribution in [3.05, 3.63) is 131 Å². The van der Waals surface area contributed by atoms with Crippen LogP contribution in [0.4, 0.5) is 11.4 Å². The van der Waals surface area contributed by atoms with Gasteiger partial charge in [0, 0.05) is 0 Å². The molecule has 4 aromatic rings. The Balaban J connectivity index is 1.41. The third-order valence-corrected chi connectivity index (χ3v) is 5.52. The molecule has 0 saturated heterocycles. The number of amidine groups is 2. The molecule has 37 heavy (non-hydrogen) atoms. The highest BCUT2D eigenvalue weighted by Crippen LogP contribution is 2.22. The minimum absolute atomic E-state index is 0.595. The Labute approximate surface area is 218 Å². The predicted octanol–water partition coefficient (Wildman–Crippen LogP) is 7.70. The molecule has 0 saturated carbocycles. The van der Waals surface area contributed by atoms with Gasteiger partial charge in [-0.1, -0.05) is 116 Å². The van der Waals surface area contributed by atoms with Gasteiger partial charge in [-0.25, -0.2) is 0 Å². The lowest BCUT2D eigenvalue weighted by atomic mass is 10.2. The lowest BCUT2D eigenvalue weighted by molar-refractivity contribution is 0.415. The summed E-state index contributed by atoms with van der Waals surface area (Å²) in [4.78, 5) is 9.57. The lowest BCUT2D eigenvalue weighted by Crippen LogP contribution is -2.05. The van der Waals surface area contributed by atoms with Gasteiger partial charge in [0.2, 0.25) is 0 Å². The van der Waals surface area contributed by atoms with E-state index in [0.717, 1.165) is 40.4 Å². The quantitative estimate of drug-likeness (QED) is 0.130. The van der Waals surface area contributed by atoms with E-state index in [1.54, 1.807) is 14.2 Å². The second kappa shape index (κ2) is 13.5. The molecule has 0 aromatic heterocycles. The zero-order chi connectivity index (χ0) is 25.7. The highest BCUT2D eigenvalue weighted by molar-refractivity contribution is 6.10. The molecule has 0 fully saturated rings. The first kappa shape index (κ1) is 25.5. The zero-order valence-corrected chi connectivity index (χ0v) is 21.1. The van der Waals surface area contributed by atoms with Crippen LogP contribution in [0.25, 0.3) is 10.6 Å². The van der Waals surface area contributed by atoms with Crippen molar-refractivity contribution < 1.29 is 9.47 Å². The molecule has 0 aliphatic rings. The van der Waals surface area contributed by atoms with Crippen LogP contribution in [0.15, 0.2) is 119 Å². The molecule has 0 radical (unpaired) electrons. The van der Waals surface area contributed by atoms with Crippen molar-refractivity contribution in [1.29, 1.82) is 0 Å². The Bertz CT molecular complexity index is 1180. The number of benzene rings is 4. The Kier molecular flexibility index (Phi) is 9.30. The van der Waals surface area contributed by atoms with Crippen LogP contribution in [0, 0.1) is 0 Å². The van der Waals surface area contributed by atoms with E-state index >= 15 is 0 Å². The second-order valence-electron chi connectivity index (χ2n) is 8.12. The summed E-state index contributed by atoms with van der Waals surface area (Å²) in [6, 6.07) is 35.3. The lowest BCUT2D eigenvalue weighted by Gasteiger charge is -2.23. The molecule has 0 heterocycles. The Morgan fingerprint density at radius 3 is 1.27 bits per heavy atom. The number of methoxy groups -OCH3 is 2. The van der Waals surface area contributed by atoms with Gasteiger partial charge in [0.1, 0.15) is 11.5 Å². The van der Waals surface area contributed by atoms with E-state index in [9.17, 15) is 0 Å². The van der Waals surface area contributed by atoms with Crippen molar-refractivity contribution in [1.82, 2.24) is 0 Å². The van der Waals surface area contributed by atoms with E-state index < -0.39 is 0 Å². The van der Waals surface area contributed by atoms with E-state index in [1.165, 1.54) is 0 Å². The maximum absolute atomic E-state index is 5.25. The van der Waals surface area contributed by atoms with Crippen molar-refractivity contribution in [3.8, 4) is 11.5 Å². The van der Waals surface area contributed by atoms with E-state index in [4.69, 9.17) is 30.1 Å². The Hall–Kier alpha value is -4.58. The van der Waals surface area contributed by atoms with E-state index in [2.05, 4.69) is 0 Å². The third kappa shape index (κ3) is 7.70. The topological polar surface area (TPSA) is 71.4 Å². The van der Waals surface area contributed by atoms with Gasteiger partial charge in [0.25, 0.3) is 0 Å². The molecule has 0 aliphatic carbocycles. The first-order valence-corrected chi connectivity index (χ1v) is 12.2. The Morgan fingerprint density at radius 1 is 0.541 bits per heavy atom. The fraction of sp³-hybridized carbons (Fsp3) is 0.161. The fourth-order valence-corrected chi connectivity index (χ4v) is 3.56. The molecule has 0 N–H and O–H groups in total. The fourth-order valence-electron chi connectivity index (χ4n) is 3.56. The third-order valence-electron chi connectivity index (χ3n) is 5.52. The van der Waals surface area contributed by atoms with Gasteiger partial charge in [-0.05, 0) is 46.8 Å². The SMILES string of the molecule is COc1ccc(N=C([N-]CCC[N-]C(=Nc2ccc(OC)cc2)c2ccccc2)c2ccccc2)cc1. The standard InChI is InChI=1S/C31H30N4O2/c1-36-28-18-14-26(15-19-28)34-30(24-10-5-3-6-11-24)32-22-9-23-33-31(25-12-7-4-8-13-25)35-27-16-20-29(37-2)21-17-27/h3-8,10-21H,9,22-23H2,1-2H3/q-2. The van der Waals surface area contributed by atoms with Gasteiger partial charge in [0.15, 0.2) is 0 Å². The normalized spacial score (nSPS) is 11.6. The minimum Gasteiger partial charge on any atom is -0.497 e. The van der Waals surface area contributed by atoms with Crippen LogP contribution in [0.2, 0.25) is 0 Å². The van der Waals surface area contributed by atoms with Crippen molar-refractivity contribution in [2.24, 2.45) is 9.98 Å². The highest BCUT2D eigenvalue weighted by Gasteiger charge is 1.97. The van der Waals surface area contributed by atoms with Gasteiger partial charge in [0.05, 0.1) is 14.2 Å². The van der Waals surface area contributed by atoms with E-state index in [-0.39, 0.29) is 0 Å². The molecule has 0 atom stereocenters. The van der Waals surface area contributed by atoms with Crippen molar-refractivity contribution in [3.63, 3.8) is 0 Å². The van der Waals surface area contributed by atoms with Gasteiger partial charge >= 0.3 is 0 Å². The number of hydrogen-bond acceptors (Lipinski definition) is 4. The van der Waals surface area contributed by atoms with Crippen LogP contribution in [0.1, 0.15) is 17.5 Å². The van der Waals surface area contributed by atoms with Crippen LogP contribution in [0.5, 0.6) is 11.5 Å². The van der Waals surface area contributed by atoms with Gasteiger partial charge in [-0.3, -0.25) is 0 Å². The molecule has 0 bridgehead atoms. The van der Waals surface area contributed by atoms with Gasteiger partial charge in [-0.15, -0.1) is 0 Å². The number of rotatable bonds is 10. The summed E-state index contributed by atoms with van der Waals surface area (Å²) in [5, 5.41) is 9.62. The van der Waals surface area contributed by atoms with Crippen LogP contribution in [-0.4, -0.2) is 39.0 Å². The summed E-state index contributed by atoms with van der Waals surface area (Å²) in [7, 11) is 3.30. The molecule has 0 spiro atoms. The van der Waals surface area contributed by atoms with Crippen LogP contribution >= 0.6 is 0 Å². The van der Waals surface area contributed by atoms with Crippen LogP contribution in [0.3, 0.4) is 0 Å². The highest BCUT2D eigenvalue weighted by atomic mass is 16.5. The van der Waals surface area contributed by atoms with Crippen molar-refractivity contribution in [2.45, 2.75) is 6.42 Å². The van der Waals surface area contributed by atoms with Gasteiger partial charge < -0.3 is 30.1 Å². The minimum atomic E-state index is 0.595. The smallest absolute Gasteiger partial charge is 0.118 e. The monoisotopic (exact) mass is 490 g/mol. The number of hydrogen-bond donors (Lipinski definition) is 0. The summed E-state index contributed by atoms with van der Waals surface area (Å²) < 4.78 is 10.5. The molecule has 6 heteroatoms. The molecular formula is C31H30N4O2-2. The summed E-state index contributed by atoms with van der Waals surface area (Å²) in [6.45, 7) is 1.19. The maximum atomic E-state index is 5.25. The van der Waals surface area contributed by atoms with Crippen molar-refractivity contribution in [2.75, 3.05) is 27.3 Å². The van der Waals surface area contributed by atoms with E-state index in [1.807, 2.05) is 109 Å². The molecule has 0 aliphatic heterocycles. The molecule has 4 aromatic carbocycles. The zero-order valence-electron chi connectivity index (χ0n) is 21.1. The number of ether oxygens (including phenoxy) is 2. The molecular weight excluding hydrogens is 460 g/mol. The number of nitrogens with zero attached hydrogens (tertiary/aromatic N) is 4. The predicted molar refractivity (Wildman–Crippen MR) is 152 cm³/mol. The first-order valence-electron chi connectivity index (χ1n) is 12.2. The maximum Gasteiger partial charge on any atom is 0.118 e. The summed E-state index contributed by atoms with van der Waals surface area (Å²) in [5.41, 5.74) is 3.60. The molecule has 4 rings (SSSR count). The second-order valence-corrected chi connectivity index (χ2v) is 8.12. The van der Waals surface area contributed by atoms with E-state index in [0.29, 0.717) is 24.8 Å². The van der Waals surface area contributed by atoms with Crippen molar-refractivity contribution >= 4 is 23.0 Å². The first-order chi connectivity index (χ1) is 18.2. The van der Waals surface area contributed by atoms with Crippen LogP contribution < -0.4 is 9.47 Å². The average molecular weight is 491 g/mol. The summed E-state index contributed by atoms with van der Waals surface area (Å²) >= 11 is 0. The average Bonchev–Trinajstić information content (AvgIpc) is 2.97. The van der Waals surface area contributed by atoms with Gasteiger partial charge in [-0.2, -0.15) is 0 Å². The molecule has 0 unspecified atom stereocenters. The largest absolute Gasteiger partial charge is 0.497 e. The molecule has 188 valence electrons. The Morgan fingerprint density at radius 2 is 0.919 bits per heavy atom.